The molecule has 104 valence electrons. The SMILES string of the molecule is CC1CCCC(CC(=O)O)(N2CCOCC2)C1C. The molecular formula is C14H25NO3. The molecule has 1 heterocycles. The second-order valence-electron chi connectivity index (χ2n) is 5.93. The Labute approximate surface area is 109 Å². The zero-order valence-corrected chi connectivity index (χ0v) is 11.5. The van der Waals surface area contributed by atoms with E-state index >= 15 is 0 Å². The molecule has 3 atom stereocenters. The predicted molar refractivity (Wildman–Crippen MR) is 69.6 cm³/mol. The first kappa shape index (κ1) is 13.8. The van der Waals surface area contributed by atoms with Crippen LogP contribution >= 0.6 is 0 Å². The van der Waals surface area contributed by atoms with Crippen LogP contribution in [0.1, 0.15) is 39.5 Å². The molecule has 2 aliphatic rings. The zero-order valence-electron chi connectivity index (χ0n) is 11.5. The highest BCUT2D eigenvalue weighted by Gasteiger charge is 2.47. The molecule has 3 unspecified atom stereocenters. The van der Waals surface area contributed by atoms with Gasteiger partial charge in [-0.3, -0.25) is 9.69 Å². The number of ether oxygens (including phenoxy) is 1. The maximum atomic E-state index is 11.3. The molecule has 0 radical (unpaired) electrons. The number of carboxylic acid groups (broad SMARTS) is 1. The highest BCUT2D eigenvalue weighted by Crippen LogP contribution is 2.44. The fourth-order valence-corrected chi connectivity index (χ4v) is 3.82. The van der Waals surface area contributed by atoms with E-state index in [1.807, 2.05) is 0 Å². The van der Waals surface area contributed by atoms with E-state index in [2.05, 4.69) is 18.7 Å². The van der Waals surface area contributed by atoms with E-state index in [9.17, 15) is 9.90 Å². The van der Waals surface area contributed by atoms with Crippen molar-refractivity contribution in [3.63, 3.8) is 0 Å². The van der Waals surface area contributed by atoms with E-state index in [1.54, 1.807) is 0 Å². The first-order chi connectivity index (χ1) is 8.56. The van der Waals surface area contributed by atoms with Gasteiger partial charge in [0.15, 0.2) is 0 Å². The Bertz CT molecular complexity index is 301. The van der Waals surface area contributed by atoms with Crippen molar-refractivity contribution in [1.82, 2.24) is 4.90 Å². The molecule has 4 heteroatoms. The molecule has 4 nitrogen and oxygen atoms in total. The normalized spacial score (nSPS) is 38.6. The van der Waals surface area contributed by atoms with Crippen LogP contribution in [-0.2, 0) is 9.53 Å². The largest absolute Gasteiger partial charge is 0.481 e. The lowest BCUT2D eigenvalue weighted by Crippen LogP contribution is -2.60. The lowest BCUT2D eigenvalue weighted by Gasteiger charge is -2.53. The van der Waals surface area contributed by atoms with Crippen molar-refractivity contribution in [2.45, 2.75) is 45.1 Å². The van der Waals surface area contributed by atoms with Gasteiger partial charge < -0.3 is 9.84 Å². The van der Waals surface area contributed by atoms with Crippen LogP contribution in [0.3, 0.4) is 0 Å². The van der Waals surface area contributed by atoms with Gasteiger partial charge in [-0.05, 0) is 18.3 Å². The summed E-state index contributed by atoms with van der Waals surface area (Å²) < 4.78 is 5.41. The maximum Gasteiger partial charge on any atom is 0.305 e. The number of carboxylic acids is 1. The van der Waals surface area contributed by atoms with Crippen molar-refractivity contribution in [3.05, 3.63) is 0 Å². The summed E-state index contributed by atoms with van der Waals surface area (Å²) in [4.78, 5) is 13.7. The monoisotopic (exact) mass is 255 g/mol. The second kappa shape index (κ2) is 5.57. The summed E-state index contributed by atoms with van der Waals surface area (Å²) >= 11 is 0. The Morgan fingerprint density at radius 1 is 1.39 bits per heavy atom. The second-order valence-corrected chi connectivity index (χ2v) is 5.93. The van der Waals surface area contributed by atoms with Gasteiger partial charge in [0.1, 0.15) is 0 Å². The highest BCUT2D eigenvalue weighted by molar-refractivity contribution is 5.68. The van der Waals surface area contributed by atoms with Crippen LogP contribution in [0, 0.1) is 11.8 Å². The minimum Gasteiger partial charge on any atom is -0.481 e. The number of hydrogen-bond acceptors (Lipinski definition) is 3. The summed E-state index contributed by atoms with van der Waals surface area (Å²) in [6.07, 6.45) is 3.67. The van der Waals surface area contributed by atoms with Crippen molar-refractivity contribution in [1.29, 1.82) is 0 Å². The topological polar surface area (TPSA) is 49.8 Å². The molecule has 1 aliphatic carbocycles. The number of carbonyl (C=O) groups is 1. The summed E-state index contributed by atoms with van der Waals surface area (Å²) in [7, 11) is 0. The molecule has 0 amide bonds. The number of morpholine rings is 1. The van der Waals surface area contributed by atoms with E-state index in [4.69, 9.17) is 4.74 Å². The summed E-state index contributed by atoms with van der Waals surface area (Å²) in [5.41, 5.74) is -0.146. The first-order valence-corrected chi connectivity index (χ1v) is 7.11. The van der Waals surface area contributed by atoms with E-state index in [1.165, 1.54) is 6.42 Å². The predicted octanol–water partition coefficient (Wildman–Crippen LogP) is 1.99. The van der Waals surface area contributed by atoms with Crippen LogP contribution in [0.2, 0.25) is 0 Å². The van der Waals surface area contributed by atoms with Crippen molar-refractivity contribution in [2.24, 2.45) is 11.8 Å². The molecule has 0 aromatic rings. The minimum atomic E-state index is -0.664. The van der Waals surface area contributed by atoms with Crippen LogP contribution in [-0.4, -0.2) is 47.8 Å². The van der Waals surface area contributed by atoms with Crippen molar-refractivity contribution >= 4 is 5.97 Å². The lowest BCUT2D eigenvalue weighted by molar-refractivity contribution is -0.146. The molecule has 2 rings (SSSR count). The molecular weight excluding hydrogens is 230 g/mol. The number of nitrogens with zero attached hydrogens (tertiary/aromatic N) is 1. The molecule has 0 aromatic heterocycles. The summed E-state index contributed by atoms with van der Waals surface area (Å²) in [6, 6.07) is 0. The van der Waals surface area contributed by atoms with E-state index in [-0.39, 0.29) is 12.0 Å². The van der Waals surface area contributed by atoms with Crippen LogP contribution in [0.4, 0.5) is 0 Å². The average molecular weight is 255 g/mol. The molecule has 1 N–H and O–H groups in total. The molecule has 0 spiro atoms. The lowest BCUT2D eigenvalue weighted by atomic mass is 9.65. The summed E-state index contributed by atoms with van der Waals surface area (Å²) in [6.45, 7) is 7.74. The van der Waals surface area contributed by atoms with Crippen molar-refractivity contribution in [3.8, 4) is 0 Å². The zero-order chi connectivity index (χ0) is 13.2. The summed E-state index contributed by atoms with van der Waals surface area (Å²) in [5.74, 6) is 0.392. The fourth-order valence-electron chi connectivity index (χ4n) is 3.82. The van der Waals surface area contributed by atoms with Gasteiger partial charge in [-0.15, -0.1) is 0 Å². The summed E-state index contributed by atoms with van der Waals surface area (Å²) in [5, 5.41) is 9.31. The van der Waals surface area contributed by atoms with Gasteiger partial charge in [0.05, 0.1) is 19.6 Å². The van der Waals surface area contributed by atoms with Gasteiger partial charge in [-0.25, -0.2) is 0 Å². The first-order valence-electron chi connectivity index (χ1n) is 7.11. The van der Waals surface area contributed by atoms with E-state index < -0.39 is 5.97 Å². The van der Waals surface area contributed by atoms with Gasteiger partial charge in [-0.1, -0.05) is 26.7 Å². The number of hydrogen-bond donors (Lipinski definition) is 1. The van der Waals surface area contributed by atoms with Gasteiger partial charge in [0.2, 0.25) is 0 Å². The Hall–Kier alpha value is -0.610. The van der Waals surface area contributed by atoms with Crippen LogP contribution in [0.25, 0.3) is 0 Å². The Kier molecular flexibility index (Phi) is 4.28. The van der Waals surface area contributed by atoms with Gasteiger partial charge >= 0.3 is 5.97 Å². The van der Waals surface area contributed by atoms with Crippen LogP contribution < -0.4 is 0 Å². The third-order valence-corrected chi connectivity index (χ3v) is 5.07. The van der Waals surface area contributed by atoms with Gasteiger partial charge in [0, 0.05) is 18.6 Å². The molecule has 1 saturated carbocycles. The Morgan fingerprint density at radius 3 is 2.67 bits per heavy atom. The minimum absolute atomic E-state index is 0.146. The third-order valence-electron chi connectivity index (χ3n) is 5.07. The standard InChI is InChI=1S/C14H25NO3/c1-11-4-3-5-14(12(11)2,10-13(16)17)15-6-8-18-9-7-15/h11-12H,3-10H2,1-2H3,(H,16,17). The van der Waals surface area contributed by atoms with E-state index in [0.717, 1.165) is 39.1 Å². The van der Waals surface area contributed by atoms with Crippen LogP contribution in [0.15, 0.2) is 0 Å². The quantitative estimate of drug-likeness (QED) is 0.838. The van der Waals surface area contributed by atoms with Crippen LogP contribution in [0.5, 0.6) is 0 Å². The average Bonchev–Trinajstić information content (AvgIpc) is 2.35. The molecule has 1 aliphatic heterocycles. The Balaban J connectivity index is 2.22. The smallest absolute Gasteiger partial charge is 0.305 e. The molecule has 1 saturated heterocycles. The molecule has 0 bridgehead atoms. The fraction of sp³-hybridized carbons (Fsp3) is 0.929. The third kappa shape index (κ3) is 2.54. The van der Waals surface area contributed by atoms with Crippen molar-refractivity contribution in [2.75, 3.05) is 26.3 Å². The van der Waals surface area contributed by atoms with E-state index in [0.29, 0.717) is 11.8 Å². The van der Waals surface area contributed by atoms with Gasteiger partial charge in [0.25, 0.3) is 0 Å². The molecule has 18 heavy (non-hydrogen) atoms. The molecule has 0 aromatic carbocycles. The van der Waals surface area contributed by atoms with Crippen molar-refractivity contribution < 1.29 is 14.6 Å². The molecule has 2 fully saturated rings. The highest BCUT2D eigenvalue weighted by atomic mass is 16.5. The number of rotatable bonds is 3. The number of aliphatic carboxylic acids is 1. The maximum absolute atomic E-state index is 11.3. The Morgan fingerprint density at radius 2 is 2.06 bits per heavy atom. The van der Waals surface area contributed by atoms with Gasteiger partial charge in [-0.2, -0.15) is 0 Å².